The van der Waals surface area contributed by atoms with Crippen molar-refractivity contribution in [3.8, 4) is 22.4 Å². The van der Waals surface area contributed by atoms with Gasteiger partial charge in [0.1, 0.15) is 0 Å². The summed E-state index contributed by atoms with van der Waals surface area (Å²) in [5.74, 6) is 0.963. The van der Waals surface area contributed by atoms with Gasteiger partial charge in [0, 0.05) is 36.5 Å². The van der Waals surface area contributed by atoms with Crippen LogP contribution in [0.25, 0.3) is 28.1 Å². The average Bonchev–Trinajstić information content (AvgIpc) is 3.80. The van der Waals surface area contributed by atoms with Gasteiger partial charge in [-0.05, 0) is 93.2 Å². The van der Waals surface area contributed by atoms with Crippen LogP contribution in [0.5, 0.6) is 0 Å². The first-order valence-corrected chi connectivity index (χ1v) is 15.3. The molecule has 1 saturated carbocycles. The Morgan fingerprint density at radius 2 is 1.71 bits per heavy atom. The Balaban J connectivity index is 1.41. The summed E-state index contributed by atoms with van der Waals surface area (Å²) in [6.07, 6.45) is 9.38. The lowest BCUT2D eigenvalue weighted by atomic mass is 9.77. The Kier molecular flexibility index (Phi) is 8.65. The van der Waals surface area contributed by atoms with E-state index in [9.17, 15) is 0 Å². The number of aliphatic imine (C=N–C) groups is 2. The van der Waals surface area contributed by atoms with Crippen molar-refractivity contribution in [2.24, 2.45) is 21.3 Å². The molecule has 0 spiro atoms. The van der Waals surface area contributed by atoms with E-state index in [0.717, 1.165) is 65.6 Å². The average molecular weight is 548 g/mol. The first-order chi connectivity index (χ1) is 19.8. The second-order valence-corrected chi connectivity index (χ2v) is 12.2. The smallest absolute Gasteiger partial charge is 0.0891 e. The molecule has 0 bridgehead atoms. The molecule has 0 unspecified atom stereocenters. The molecule has 2 aromatic carbocycles. The van der Waals surface area contributed by atoms with Gasteiger partial charge in [-0.15, -0.1) is 0 Å². The van der Waals surface area contributed by atoms with Crippen LogP contribution in [-0.2, 0) is 6.42 Å². The predicted molar refractivity (Wildman–Crippen MR) is 174 cm³/mol. The molecule has 0 radical (unpaired) electrons. The summed E-state index contributed by atoms with van der Waals surface area (Å²) in [5, 5.41) is 0. The molecule has 5 nitrogen and oxygen atoms in total. The lowest BCUT2D eigenvalue weighted by Crippen LogP contribution is -2.56. The molecule has 5 heteroatoms. The third-order valence-corrected chi connectivity index (χ3v) is 9.24. The molecule has 2 fully saturated rings. The highest BCUT2D eigenvalue weighted by Crippen LogP contribution is 2.50. The summed E-state index contributed by atoms with van der Waals surface area (Å²) in [7, 11) is 0. The SMILES string of the molecule is C=N/C=C(\N=C(\CC)CCN1CC(C)(C2CC2)C1)c1cccc(-c2cccc(-c3cnc(CC)c(C)n3)c2C)c1C. The Morgan fingerprint density at radius 3 is 2.34 bits per heavy atom. The van der Waals surface area contributed by atoms with Crippen LogP contribution >= 0.6 is 0 Å². The van der Waals surface area contributed by atoms with E-state index in [1.54, 1.807) is 0 Å². The van der Waals surface area contributed by atoms with Crippen molar-refractivity contribution in [1.82, 2.24) is 14.9 Å². The number of aromatic nitrogens is 2. The number of aryl methyl sites for hydroxylation is 2. The largest absolute Gasteiger partial charge is 0.302 e. The number of nitrogens with zero attached hydrogens (tertiary/aromatic N) is 5. The Hall–Kier alpha value is -3.44. The van der Waals surface area contributed by atoms with E-state index in [2.05, 4.69) is 92.6 Å². The predicted octanol–water partition coefficient (Wildman–Crippen LogP) is 8.27. The Labute approximate surface area is 246 Å². The molecular weight excluding hydrogens is 502 g/mol. The molecule has 0 N–H and O–H groups in total. The molecule has 41 heavy (non-hydrogen) atoms. The third-order valence-electron chi connectivity index (χ3n) is 9.24. The summed E-state index contributed by atoms with van der Waals surface area (Å²) in [4.78, 5) is 21.5. The van der Waals surface area contributed by atoms with Crippen LogP contribution in [0.1, 0.15) is 74.5 Å². The van der Waals surface area contributed by atoms with Gasteiger partial charge in [-0.1, -0.05) is 57.2 Å². The standard InChI is InChI=1S/C36H45N5/c1-8-28(18-19-41-22-36(6,23-41)27-16-17-27)40-34(20-37-7)31-14-10-12-29(24(31)3)30-13-11-15-32(25(30)4)35-21-38-33(9-2)26(5)39-35/h10-15,20-21,27H,7-9,16-19,22-23H2,1-6H3/b34-20-,40-28-. The molecule has 2 aliphatic rings. The van der Waals surface area contributed by atoms with Gasteiger partial charge in [0.15, 0.2) is 0 Å². The van der Waals surface area contributed by atoms with Crippen molar-refractivity contribution >= 4 is 18.1 Å². The fraction of sp³-hybridized carbons (Fsp3) is 0.444. The van der Waals surface area contributed by atoms with Gasteiger partial charge in [0.25, 0.3) is 0 Å². The van der Waals surface area contributed by atoms with Crippen molar-refractivity contribution < 1.29 is 0 Å². The summed E-state index contributed by atoms with van der Waals surface area (Å²) in [6.45, 7) is 20.5. The van der Waals surface area contributed by atoms with Crippen LogP contribution in [0.3, 0.4) is 0 Å². The molecule has 1 aliphatic carbocycles. The molecular formula is C36H45N5. The van der Waals surface area contributed by atoms with Crippen molar-refractivity contribution in [2.75, 3.05) is 19.6 Å². The van der Waals surface area contributed by atoms with Gasteiger partial charge < -0.3 is 4.90 Å². The van der Waals surface area contributed by atoms with Crippen LogP contribution in [0.4, 0.5) is 0 Å². The second-order valence-electron chi connectivity index (χ2n) is 12.2. The summed E-state index contributed by atoms with van der Waals surface area (Å²) >= 11 is 0. The highest BCUT2D eigenvalue weighted by Gasteiger charge is 2.48. The monoisotopic (exact) mass is 547 g/mol. The van der Waals surface area contributed by atoms with Crippen LogP contribution in [-0.4, -0.2) is 46.9 Å². The van der Waals surface area contributed by atoms with Crippen molar-refractivity contribution in [3.63, 3.8) is 0 Å². The minimum atomic E-state index is 0.554. The first kappa shape index (κ1) is 29.1. The lowest BCUT2D eigenvalue weighted by Gasteiger charge is -2.49. The van der Waals surface area contributed by atoms with Gasteiger partial charge in [0.2, 0.25) is 0 Å². The minimum Gasteiger partial charge on any atom is -0.302 e. The summed E-state index contributed by atoms with van der Waals surface area (Å²) in [6, 6.07) is 12.9. The second kappa shape index (κ2) is 12.2. The maximum atomic E-state index is 5.18. The van der Waals surface area contributed by atoms with E-state index in [1.165, 1.54) is 53.9 Å². The van der Waals surface area contributed by atoms with Crippen LogP contribution < -0.4 is 0 Å². The third kappa shape index (κ3) is 6.11. The van der Waals surface area contributed by atoms with E-state index in [0.29, 0.717) is 5.41 Å². The van der Waals surface area contributed by atoms with E-state index < -0.39 is 0 Å². The molecule has 3 aromatic rings. The van der Waals surface area contributed by atoms with Gasteiger partial charge in [-0.25, -0.2) is 4.98 Å². The molecule has 5 rings (SSSR count). The topological polar surface area (TPSA) is 53.7 Å². The zero-order chi connectivity index (χ0) is 29.1. The lowest BCUT2D eigenvalue weighted by molar-refractivity contribution is -0.000103. The van der Waals surface area contributed by atoms with Crippen molar-refractivity contribution in [3.05, 3.63) is 76.9 Å². The molecule has 1 aromatic heterocycles. The number of benzene rings is 2. The number of hydrogen-bond acceptors (Lipinski definition) is 5. The zero-order valence-electron chi connectivity index (χ0n) is 25.8. The first-order valence-electron chi connectivity index (χ1n) is 15.3. The molecule has 0 atom stereocenters. The fourth-order valence-corrected chi connectivity index (χ4v) is 6.58. The van der Waals surface area contributed by atoms with Gasteiger partial charge in [-0.2, -0.15) is 0 Å². The summed E-state index contributed by atoms with van der Waals surface area (Å²) in [5.41, 5.74) is 12.6. The molecule has 1 aliphatic heterocycles. The van der Waals surface area contributed by atoms with Crippen molar-refractivity contribution in [2.45, 2.75) is 73.6 Å². The van der Waals surface area contributed by atoms with Crippen LogP contribution in [0.15, 0.2) is 58.8 Å². The van der Waals surface area contributed by atoms with Gasteiger partial charge in [-0.3, -0.25) is 15.0 Å². The number of likely N-dealkylation sites (tertiary alicyclic amines) is 1. The van der Waals surface area contributed by atoms with Gasteiger partial charge in [0.05, 0.1) is 35.2 Å². The molecule has 0 amide bonds. The van der Waals surface area contributed by atoms with Crippen LogP contribution in [0, 0.1) is 32.1 Å². The highest BCUT2D eigenvalue weighted by molar-refractivity contribution is 5.91. The maximum absolute atomic E-state index is 5.18. The van der Waals surface area contributed by atoms with E-state index in [-0.39, 0.29) is 0 Å². The molecule has 214 valence electrons. The van der Waals surface area contributed by atoms with Crippen LogP contribution in [0.2, 0.25) is 0 Å². The zero-order valence-corrected chi connectivity index (χ0v) is 25.8. The minimum absolute atomic E-state index is 0.554. The normalized spacial score (nSPS) is 17.4. The maximum Gasteiger partial charge on any atom is 0.0891 e. The fourth-order valence-electron chi connectivity index (χ4n) is 6.58. The highest BCUT2D eigenvalue weighted by atomic mass is 15.2. The Bertz CT molecular complexity index is 1490. The number of rotatable bonds is 11. The van der Waals surface area contributed by atoms with E-state index in [4.69, 9.17) is 9.98 Å². The number of hydrogen-bond donors (Lipinski definition) is 0. The summed E-state index contributed by atoms with van der Waals surface area (Å²) < 4.78 is 0. The quantitative estimate of drug-likeness (QED) is 0.227. The Morgan fingerprint density at radius 1 is 1.02 bits per heavy atom. The van der Waals surface area contributed by atoms with Gasteiger partial charge >= 0.3 is 0 Å². The van der Waals surface area contributed by atoms with E-state index in [1.807, 2.05) is 19.3 Å². The van der Waals surface area contributed by atoms with Crippen molar-refractivity contribution in [1.29, 1.82) is 0 Å². The molecule has 2 heterocycles. The van der Waals surface area contributed by atoms with E-state index >= 15 is 0 Å². The molecule has 1 saturated heterocycles.